The summed E-state index contributed by atoms with van der Waals surface area (Å²) in [4.78, 5) is 11.6. The summed E-state index contributed by atoms with van der Waals surface area (Å²) in [5.74, 6) is 1.28. The number of H-pyrrole nitrogens is 1. The Morgan fingerprint density at radius 3 is 3.00 bits per heavy atom. The first-order valence-electron chi connectivity index (χ1n) is 6.43. The smallest absolute Gasteiger partial charge is 0.220 e. The van der Waals surface area contributed by atoms with Crippen molar-refractivity contribution in [2.24, 2.45) is 0 Å². The van der Waals surface area contributed by atoms with Gasteiger partial charge in [0.15, 0.2) is 5.82 Å². The molecule has 0 fully saturated rings. The molecule has 0 bridgehead atoms. The van der Waals surface area contributed by atoms with E-state index < -0.39 is 0 Å². The molecule has 1 aromatic heterocycles. The minimum absolute atomic E-state index is 0.0526. The van der Waals surface area contributed by atoms with E-state index in [1.807, 2.05) is 31.2 Å². The first kappa shape index (κ1) is 14.0. The number of carbonyl (C=O) groups is 1. The molecule has 0 spiro atoms. The first-order chi connectivity index (χ1) is 9.75. The fourth-order valence-corrected chi connectivity index (χ4v) is 1.66. The lowest BCUT2D eigenvalue weighted by atomic mass is 10.2. The van der Waals surface area contributed by atoms with Crippen molar-refractivity contribution >= 4 is 5.91 Å². The molecule has 0 aliphatic heterocycles. The van der Waals surface area contributed by atoms with Crippen LogP contribution in [0.5, 0.6) is 5.75 Å². The van der Waals surface area contributed by atoms with E-state index in [0.717, 1.165) is 11.3 Å². The second-order valence-corrected chi connectivity index (χ2v) is 4.32. The summed E-state index contributed by atoms with van der Waals surface area (Å²) in [5, 5.41) is 15.9. The van der Waals surface area contributed by atoms with Gasteiger partial charge in [0.2, 0.25) is 5.91 Å². The molecule has 2 rings (SSSR count). The van der Waals surface area contributed by atoms with Crippen LogP contribution in [0.25, 0.3) is 0 Å². The Morgan fingerprint density at radius 2 is 2.25 bits per heavy atom. The zero-order valence-electron chi connectivity index (χ0n) is 11.3. The molecule has 0 saturated heterocycles. The molecule has 1 heterocycles. The molecule has 20 heavy (non-hydrogen) atoms. The van der Waals surface area contributed by atoms with Gasteiger partial charge < -0.3 is 10.1 Å². The normalized spacial score (nSPS) is 10.2. The van der Waals surface area contributed by atoms with Crippen molar-refractivity contribution in [3.8, 4) is 5.75 Å². The van der Waals surface area contributed by atoms with E-state index in [-0.39, 0.29) is 12.5 Å². The summed E-state index contributed by atoms with van der Waals surface area (Å²) in [6, 6.07) is 7.81. The van der Waals surface area contributed by atoms with Gasteiger partial charge in [-0.2, -0.15) is 5.21 Å². The van der Waals surface area contributed by atoms with E-state index >= 15 is 0 Å². The zero-order chi connectivity index (χ0) is 14.2. The molecule has 7 heteroatoms. The number of para-hydroxylation sites is 1. The molecule has 0 unspecified atom stereocenters. The molecule has 7 nitrogen and oxygen atoms in total. The van der Waals surface area contributed by atoms with Gasteiger partial charge in [-0.15, -0.1) is 10.2 Å². The predicted octanol–water partition coefficient (Wildman–Crippen LogP) is 0.984. The van der Waals surface area contributed by atoms with Crippen LogP contribution in [0.1, 0.15) is 24.2 Å². The Balaban J connectivity index is 1.61. The lowest BCUT2D eigenvalue weighted by molar-refractivity contribution is -0.121. The number of aromatic nitrogens is 4. The van der Waals surface area contributed by atoms with Crippen molar-refractivity contribution in [2.75, 3.05) is 6.61 Å². The highest BCUT2D eigenvalue weighted by atomic mass is 16.5. The number of aryl methyl sites for hydroxylation is 1. The number of ether oxygens (including phenoxy) is 1. The Labute approximate surface area is 116 Å². The molecule has 0 radical (unpaired) electrons. The second-order valence-electron chi connectivity index (χ2n) is 4.32. The third-order valence-electron chi connectivity index (χ3n) is 2.73. The SMILES string of the molecule is Cc1ccccc1OCCCC(=O)NCc1nn[nH]n1. The van der Waals surface area contributed by atoms with Crippen LogP contribution >= 0.6 is 0 Å². The molecular weight excluding hydrogens is 258 g/mol. The Kier molecular flexibility index (Phi) is 5.05. The highest BCUT2D eigenvalue weighted by Gasteiger charge is 2.04. The third kappa shape index (κ3) is 4.34. The van der Waals surface area contributed by atoms with Crippen molar-refractivity contribution in [1.29, 1.82) is 0 Å². The molecule has 0 atom stereocenters. The first-order valence-corrected chi connectivity index (χ1v) is 6.43. The summed E-state index contributed by atoms with van der Waals surface area (Å²) in [5.41, 5.74) is 1.09. The topological polar surface area (TPSA) is 92.8 Å². The van der Waals surface area contributed by atoms with Gasteiger partial charge in [-0.05, 0) is 25.0 Å². The minimum Gasteiger partial charge on any atom is -0.493 e. The van der Waals surface area contributed by atoms with E-state index in [1.165, 1.54) is 0 Å². The van der Waals surface area contributed by atoms with Gasteiger partial charge >= 0.3 is 0 Å². The van der Waals surface area contributed by atoms with Crippen molar-refractivity contribution in [1.82, 2.24) is 25.9 Å². The molecule has 1 aromatic carbocycles. The molecule has 1 amide bonds. The number of carbonyl (C=O) groups excluding carboxylic acids is 1. The summed E-state index contributed by atoms with van der Waals surface area (Å²) < 4.78 is 5.62. The average Bonchev–Trinajstić information content (AvgIpc) is 2.96. The van der Waals surface area contributed by atoms with E-state index in [4.69, 9.17) is 4.74 Å². The van der Waals surface area contributed by atoms with Gasteiger partial charge in [0.25, 0.3) is 0 Å². The largest absolute Gasteiger partial charge is 0.493 e. The van der Waals surface area contributed by atoms with E-state index in [0.29, 0.717) is 25.3 Å². The predicted molar refractivity (Wildman–Crippen MR) is 71.9 cm³/mol. The van der Waals surface area contributed by atoms with Crippen LogP contribution in [-0.2, 0) is 11.3 Å². The summed E-state index contributed by atoms with van der Waals surface area (Å²) in [7, 11) is 0. The monoisotopic (exact) mass is 275 g/mol. The molecule has 2 aromatic rings. The van der Waals surface area contributed by atoms with Gasteiger partial charge in [0, 0.05) is 6.42 Å². The number of hydrogen-bond donors (Lipinski definition) is 2. The second kappa shape index (κ2) is 7.22. The van der Waals surface area contributed by atoms with E-state index in [9.17, 15) is 4.79 Å². The van der Waals surface area contributed by atoms with Gasteiger partial charge in [0.05, 0.1) is 13.2 Å². The maximum atomic E-state index is 11.6. The standard InChI is InChI=1S/C13H17N5O2/c1-10-5-2-3-6-11(10)20-8-4-7-13(19)14-9-12-15-17-18-16-12/h2-3,5-6H,4,7-9H2,1H3,(H,14,19)(H,15,16,17,18). The molecule has 2 N–H and O–H groups in total. The highest BCUT2D eigenvalue weighted by Crippen LogP contribution is 2.16. The maximum absolute atomic E-state index is 11.6. The van der Waals surface area contributed by atoms with Crippen LogP contribution in [0.3, 0.4) is 0 Å². The highest BCUT2D eigenvalue weighted by molar-refractivity contribution is 5.75. The van der Waals surface area contributed by atoms with Crippen LogP contribution < -0.4 is 10.1 Å². The Hall–Kier alpha value is -2.44. The van der Waals surface area contributed by atoms with Crippen LogP contribution in [0.15, 0.2) is 24.3 Å². The fraction of sp³-hybridized carbons (Fsp3) is 0.385. The molecule has 106 valence electrons. The Bertz CT molecular complexity index is 541. The number of nitrogens with zero attached hydrogens (tertiary/aromatic N) is 3. The summed E-state index contributed by atoms with van der Waals surface area (Å²) >= 11 is 0. The van der Waals surface area contributed by atoms with Gasteiger partial charge in [-0.3, -0.25) is 4.79 Å². The minimum atomic E-state index is -0.0526. The van der Waals surface area contributed by atoms with Crippen LogP contribution in [0.4, 0.5) is 0 Å². The number of benzene rings is 1. The maximum Gasteiger partial charge on any atom is 0.220 e. The molecule has 0 saturated carbocycles. The van der Waals surface area contributed by atoms with Crippen molar-refractivity contribution in [2.45, 2.75) is 26.3 Å². The average molecular weight is 275 g/mol. The number of tetrazole rings is 1. The third-order valence-corrected chi connectivity index (χ3v) is 2.73. The van der Waals surface area contributed by atoms with Gasteiger partial charge in [-0.25, -0.2) is 0 Å². The van der Waals surface area contributed by atoms with Crippen LogP contribution in [-0.4, -0.2) is 33.1 Å². The van der Waals surface area contributed by atoms with Crippen LogP contribution in [0, 0.1) is 6.92 Å². The quantitative estimate of drug-likeness (QED) is 0.735. The lowest BCUT2D eigenvalue weighted by Crippen LogP contribution is -2.23. The number of amides is 1. The summed E-state index contributed by atoms with van der Waals surface area (Å²) in [6.45, 7) is 2.79. The van der Waals surface area contributed by atoms with E-state index in [1.54, 1.807) is 0 Å². The number of rotatable bonds is 7. The molecule has 0 aliphatic rings. The van der Waals surface area contributed by atoms with Crippen molar-refractivity contribution < 1.29 is 9.53 Å². The van der Waals surface area contributed by atoms with E-state index in [2.05, 4.69) is 25.9 Å². The zero-order valence-corrected chi connectivity index (χ0v) is 11.3. The van der Waals surface area contributed by atoms with Crippen molar-refractivity contribution in [3.63, 3.8) is 0 Å². The lowest BCUT2D eigenvalue weighted by Gasteiger charge is -2.08. The number of nitrogens with one attached hydrogen (secondary N) is 2. The fourth-order valence-electron chi connectivity index (χ4n) is 1.66. The Morgan fingerprint density at radius 1 is 1.40 bits per heavy atom. The molecule has 0 aliphatic carbocycles. The van der Waals surface area contributed by atoms with Crippen LogP contribution in [0.2, 0.25) is 0 Å². The number of hydrogen-bond acceptors (Lipinski definition) is 5. The summed E-state index contributed by atoms with van der Waals surface area (Å²) in [6.07, 6.45) is 1.07. The van der Waals surface area contributed by atoms with Crippen molar-refractivity contribution in [3.05, 3.63) is 35.7 Å². The molecular formula is C13H17N5O2. The van der Waals surface area contributed by atoms with Gasteiger partial charge in [-0.1, -0.05) is 23.4 Å². The number of aromatic amines is 1. The van der Waals surface area contributed by atoms with Gasteiger partial charge in [0.1, 0.15) is 5.75 Å².